The van der Waals surface area contributed by atoms with E-state index in [9.17, 15) is 9.18 Å². The number of halogens is 1. The number of hydrogen-bond donors (Lipinski definition) is 1. The number of carbonyl (C=O) groups is 1. The predicted octanol–water partition coefficient (Wildman–Crippen LogP) is 5.36. The zero-order chi connectivity index (χ0) is 16.0. The minimum Gasteiger partial charge on any atom is -0.352 e. The lowest BCUT2D eigenvalue weighted by atomic mass is 10.1. The topological polar surface area (TPSA) is 29.1 Å². The molecule has 22 heavy (non-hydrogen) atoms. The van der Waals surface area contributed by atoms with Gasteiger partial charge in [-0.3, -0.25) is 4.79 Å². The molecule has 0 spiro atoms. The lowest BCUT2D eigenvalue weighted by Gasteiger charge is -2.05. The van der Waals surface area contributed by atoms with Gasteiger partial charge in [-0.2, -0.15) is 0 Å². The fraction of sp³-hybridized carbons (Fsp3) is 0.632. The maximum atomic E-state index is 12.8. The normalized spacial score (nSPS) is 10.6. The number of benzene rings is 1. The predicted molar refractivity (Wildman–Crippen MR) is 90.1 cm³/mol. The van der Waals surface area contributed by atoms with Crippen LogP contribution in [0.25, 0.3) is 0 Å². The monoisotopic (exact) mass is 307 g/mol. The Bertz CT molecular complexity index is 402. The highest BCUT2D eigenvalue weighted by Crippen LogP contribution is 2.10. The minimum atomic E-state index is -0.246. The van der Waals surface area contributed by atoms with Crippen LogP contribution >= 0.6 is 0 Å². The zero-order valence-electron chi connectivity index (χ0n) is 13.9. The van der Waals surface area contributed by atoms with Crippen molar-refractivity contribution in [2.45, 2.75) is 77.7 Å². The standard InChI is InChI=1S/C19H30FNO/c1-2-3-4-5-6-7-8-9-10-11-19(22)21-16-17-12-14-18(20)15-13-17/h12-15H,2-11,16H2,1H3,(H,21,22). The first-order valence-corrected chi connectivity index (χ1v) is 8.73. The molecular weight excluding hydrogens is 277 g/mol. The van der Waals surface area contributed by atoms with Crippen molar-refractivity contribution in [3.05, 3.63) is 35.6 Å². The summed E-state index contributed by atoms with van der Waals surface area (Å²) in [7, 11) is 0. The van der Waals surface area contributed by atoms with E-state index in [1.165, 1.54) is 57.1 Å². The fourth-order valence-electron chi connectivity index (χ4n) is 2.49. The van der Waals surface area contributed by atoms with Gasteiger partial charge in [0.15, 0.2) is 0 Å². The van der Waals surface area contributed by atoms with Crippen molar-refractivity contribution < 1.29 is 9.18 Å². The highest BCUT2D eigenvalue weighted by Gasteiger charge is 2.01. The smallest absolute Gasteiger partial charge is 0.220 e. The SMILES string of the molecule is CCCCCCCCCCCC(=O)NCc1ccc(F)cc1. The van der Waals surface area contributed by atoms with E-state index in [1.807, 2.05) is 0 Å². The van der Waals surface area contributed by atoms with Crippen LogP contribution in [0.3, 0.4) is 0 Å². The molecular formula is C19H30FNO. The third kappa shape index (κ3) is 9.54. The van der Waals surface area contributed by atoms with Gasteiger partial charge in [-0.05, 0) is 24.1 Å². The van der Waals surface area contributed by atoms with Crippen molar-refractivity contribution in [3.63, 3.8) is 0 Å². The van der Waals surface area contributed by atoms with Crippen LogP contribution in [-0.4, -0.2) is 5.91 Å². The number of nitrogens with one attached hydrogen (secondary N) is 1. The first-order valence-electron chi connectivity index (χ1n) is 8.73. The lowest BCUT2D eigenvalue weighted by molar-refractivity contribution is -0.121. The Balaban J connectivity index is 1.94. The second-order valence-electron chi connectivity index (χ2n) is 5.98. The molecule has 0 atom stereocenters. The van der Waals surface area contributed by atoms with E-state index in [4.69, 9.17) is 0 Å². The number of amides is 1. The van der Waals surface area contributed by atoms with Crippen molar-refractivity contribution in [1.29, 1.82) is 0 Å². The molecule has 0 heterocycles. The summed E-state index contributed by atoms with van der Waals surface area (Å²) in [6.45, 7) is 2.72. The molecule has 0 saturated carbocycles. The molecule has 0 aliphatic rings. The minimum absolute atomic E-state index is 0.0901. The molecule has 0 radical (unpaired) electrons. The number of unbranched alkanes of at least 4 members (excludes halogenated alkanes) is 8. The van der Waals surface area contributed by atoms with Crippen molar-refractivity contribution >= 4 is 5.91 Å². The summed E-state index contributed by atoms with van der Waals surface area (Å²) in [5.74, 6) is -0.156. The van der Waals surface area contributed by atoms with Gasteiger partial charge in [0.2, 0.25) is 5.91 Å². The summed E-state index contributed by atoms with van der Waals surface area (Å²) in [6.07, 6.45) is 11.9. The van der Waals surface area contributed by atoms with Crippen molar-refractivity contribution in [2.24, 2.45) is 0 Å². The zero-order valence-corrected chi connectivity index (χ0v) is 13.9. The third-order valence-electron chi connectivity index (χ3n) is 3.91. The van der Waals surface area contributed by atoms with Gasteiger partial charge in [0, 0.05) is 13.0 Å². The van der Waals surface area contributed by atoms with Gasteiger partial charge < -0.3 is 5.32 Å². The van der Waals surface area contributed by atoms with Gasteiger partial charge in [0.25, 0.3) is 0 Å². The van der Waals surface area contributed by atoms with Crippen LogP contribution in [0.5, 0.6) is 0 Å². The highest BCUT2D eigenvalue weighted by atomic mass is 19.1. The first kappa shape index (κ1) is 18.7. The molecule has 0 saturated heterocycles. The van der Waals surface area contributed by atoms with E-state index in [0.29, 0.717) is 13.0 Å². The Morgan fingerprint density at radius 1 is 0.909 bits per heavy atom. The van der Waals surface area contributed by atoms with Crippen LogP contribution in [0, 0.1) is 5.82 Å². The maximum absolute atomic E-state index is 12.8. The van der Waals surface area contributed by atoms with E-state index in [2.05, 4.69) is 12.2 Å². The molecule has 0 unspecified atom stereocenters. The summed E-state index contributed by atoms with van der Waals surface area (Å²) in [5.41, 5.74) is 0.932. The Morgan fingerprint density at radius 2 is 1.45 bits per heavy atom. The summed E-state index contributed by atoms with van der Waals surface area (Å²) < 4.78 is 12.8. The highest BCUT2D eigenvalue weighted by molar-refractivity contribution is 5.75. The van der Waals surface area contributed by atoms with E-state index in [-0.39, 0.29) is 11.7 Å². The largest absolute Gasteiger partial charge is 0.352 e. The molecule has 1 N–H and O–H groups in total. The molecule has 1 amide bonds. The summed E-state index contributed by atoms with van der Waals surface area (Å²) >= 11 is 0. The van der Waals surface area contributed by atoms with E-state index in [0.717, 1.165) is 18.4 Å². The molecule has 0 fully saturated rings. The molecule has 1 aromatic carbocycles. The Morgan fingerprint density at radius 3 is 2.05 bits per heavy atom. The Labute approximate surface area is 134 Å². The average molecular weight is 307 g/mol. The van der Waals surface area contributed by atoms with Gasteiger partial charge in [-0.15, -0.1) is 0 Å². The number of rotatable bonds is 12. The molecule has 1 rings (SSSR count). The van der Waals surface area contributed by atoms with E-state index >= 15 is 0 Å². The number of carbonyl (C=O) groups excluding carboxylic acids is 1. The van der Waals surface area contributed by atoms with Gasteiger partial charge in [-0.25, -0.2) is 4.39 Å². The van der Waals surface area contributed by atoms with Crippen molar-refractivity contribution in [2.75, 3.05) is 0 Å². The molecule has 2 nitrogen and oxygen atoms in total. The van der Waals surface area contributed by atoms with Gasteiger partial charge >= 0.3 is 0 Å². The molecule has 0 bridgehead atoms. The van der Waals surface area contributed by atoms with Crippen molar-refractivity contribution in [1.82, 2.24) is 5.32 Å². The van der Waals surface area contributed by atoms with Crippen LogP contribution in [0.2, 0.25) is 0 Å². The third-order valence-corrected chi connectivity index (χ3v) is 3.91. The second kappa shape index (κ2) is 12.2. The van der Waals surface area contributed by atoms with E-state index in [1.54, 1.807) is 12.1 Å². The molecule has 3 heteroatoms. The number of hydrogen-bond acceptors (Lipinski definition) is 1. The van der Waals surface area contributed by atoms with Gasteiger partial charge in [-0.1, -0.05) is 70.4 Å². The second-order valence-corrected chi connectivity index (χ2v) is 5.98. The first-order chi connectivity index (χ1) is 10.7. The molecule has 1 aromatic rings. The van der Waals surface area contributed by atoms with Crippen molar-refractivity contribution in [3.8, 4) is 0 Å². The summed E-state index contributed by atoms with van der Waals surface area (Å²) in [5, 5.41) is 2.88. The average Bonchev–Trinajstić information content (AvgIpc) is 2.53. The molecule has 124 valence electrons. The van der Waals surface area contributed by atoms with Crippen LogP contribution in [0.4, 0.5) is 4.39 Å². The Kier molecular flexibility index (Phi) is 10.3. The van der Waals surface area contributed by atoms with Gasteiger partial charge in [0.05, 0.1) is 0 Å². The maximum Gasteiger partial charge on any atom is 0.220 e. The lowest BCUT2D eigenvalue weighted by Crippen LogP contribution is -2.22. The van der Waals surface area contributed by atoms with Crippen LogP contribution < -0.4 is 5.32 Å². The quantitative estimate of drug-likeness (QED) is 0.517. The Hall–Kier alpha value is -1.38. The van der Waals surface area contributed by atoms with E-state index < -0.39 is 0 Å². The van der Waals surface area contributed by atoms with Gasteiger partial charge in [0.1, 0.15) is 5.82 Å². The van der Waals surface area contributed by atoms with Crippen LogP contribution in [-0.2, 0) is 11.3 Å². The summed E-state index contributed by atoms with van der Waals surface area (Å²) in [6, 6.07) is 6.24. The molecule has 0 aliphatic heterocycles. The fourth-order valence-corrected chi connectivity index (χ4v) is 2.49. The molecule has 0 aromatic heterocycles. The van der Waals surface area contributed by atoms with Crippen LogP contribution in [0.1, 0.15) is 76.7 Å². The molecule has 0 aliphatic carbocycles. The summed E-state index contributed by atoms with van der Waals surface area (Å²) in [4.78, 5) is 11.7. The van der Waals surface area contributed by atoms with Crippen LogP contribution in [0.15, 0.2) is 24.3 Å².